The molecule has 22 heavy (non-hydrogen) atoms. The van der Waals surface area contributed by atoms with Crippen LogP contribution in [0.2, 0.25) is 5.02 Å². The molecule has 0 aliphatic heterocycles. The number of aromatic nitrogens is 1. The van der Waals surface area contributed by atoms with E-state index in [2.05, 4.69) is 4.98 Å². The SMILES string of the molecule is CS(=O)(=O)CCCOc1ccc(-c2cnc(CCl)o2)cc1Cl. The van der Waals surface area contributed by atoms with Crippen LogP contribution in [0, 0.1) is 0 Å². The van der Waals surface area contributed by atoms with E-state index in [0.717, 1.165) is 5.56 Å². The normalized spacial score (nSPS) is 11.6. The standard InChI is InChI=1S/C14H15Cl2NO4S/c1-22(18,19)6-2-5-20-12-4-3-10(7-11(12)16)13-9-17-14(8-15)21-13/h3-4,7,9H,2,5-6,8H2,1H3. The number of alkyl halides is 1. The van der Waals surface area contributed by atoms with Gasteiger partial charge in [0.2, 0.25) is 5.89 Å². The Morgan fingerprint density at radius 1 is 1.36 bits per heavy atom. The van der Waals surface area contributed by atoms with E-state index in [4.69, 9.17) is 32.4 Å². The van der Waals surface area contributed by atoms with Crippen LogP contribution in [0.15, 0.2) is 28.8 Å². The van der Waals surface area contributed by atoms with Gasteiger partial charge in [0.05, 0.1) is 29.5 Å². The molecule has 0 saturated carbocycles. The first-order chi connectivity index (χ1) is 10.4. The Hall–Kier alpha value is -1.24. The van der Waals surface area contributed by atoms with Crippen LogP contribution in [-0.2, 0) is 15.7 Å². The molecule has 1 aromatic heterocycles. The van der Waals surface area contributed by atoms with Gasteiger partial charge in [0, 0.05) is 11.8 Å². The molecule has 2 rings (SSSR count). The molecule has 0 unspecified atom stereocenters. The van der Waals surface area contributed by atoms with Crippen LogP contribution in [0.3, 0.4) is 0 Å². The van der Waals surface area contributed by atoms with Crippen LogP contribution in [0.5, 0.6) is 5.75 Å². The summed E-state index contributed by atoms with van der Waals surface area (Å²) in [6.07, 6.45) is 3.19. The Morgan fingerprint density at radius 2 is 2.14 bits per heavy atom. The van der Waals surface area contributed by atoms with Gasteiger partial charge >= 0.3 is 0 Å². The number of halogens is 2. The second-order valence-electron chi connectivity index (χ2n) is 4.73. The number of ether oxygens (including phenoxy) is 1. The lowest BCUT2D eigenvalue weighted by Crippen LogP contribution is -2.08. The monoisotopic (exact) mass is 363 g/mol. The summed E-state index contributed by atoms with van der Waals surface area (Å²) in [5.74, 6) is 1.79. The van der Waals surface area contributed by atoms with Crippen molar-refractivity contribution in [3.63, 3.8) is 0 Å². The number of hydrogen-bond donors (Lipinski definition) is 0. The minimum atomic E-state index is -2.97. The largest absolute Gasteiger partial charge is 0.492 e. The molecule has 1 aromatic carbocycles. The zero-order valence-electron chi connectivity index (χ0n) is 11.9. The highest BCUT2D eigenvalue weighted by Crippen LogP contribution is 2.31. The van der Waals surface area contributed by atoms with Crippen LogP contribution in [0.25, 0.3) is 11.3 Å². The van der Waals surface area contributed by atoms with Gasteiger partial charge in [-0.1, -0.05) is 11.6 Å². The summed E-state index contributed by atoms with van der Waals surface area (Å²) in [5.41, 5.74) is 0.761. The highest BCUT2D eigenvalue weighted by atomic mass is 35.5. The number of nitrogens with zero attached hydrogens (tertiary/aromatic N) is 1. The fourth-order valence-corrected chi connectivity index (χ4v) is 2.78. The third kappa shape index (κ3) is 4.90. The van der Waals surface area contributed by atoms with E-state index in [-0.39, 0.29) is 18.2 Å². The second-order valence-corrected chi connectivity index (χ2v) is 7.66. The molecular weight excluding hydrogens is 349 g/mol. The lowest BCUT2D eigenvalue weighted by molar-refractivity contribution is 0.318. The van der Waals surface area contributed by atoms with Gasteiger partial charge in [0.15, 0.2) is 5.76 Å². The van der Waals surface area contributed by atoms with Crippen molar-refractivity contribution in [3.8, 4) is 17.1 Å². The Kier molecular flexibility index (Phi) is 5.72. The van der Waals surface area contributed by atoms with Crippen molar-refractivity contribution in [3.05, 3.63) is 35.3 Å². The third-order valence-electron chi connectivity index (χ3n) is 2.80. The minimum Gasteiger partial charge on any atom is -0.492 e. The van der Waals surface area contributed by atoms with E-state index in [1.54, 1.807) is 24.4 Å². The van der Waals surface area contributed by atoms with E-state index in [0.29, 0.717) is 28.8 Å². The molecule has 8 heteroatoms. The molecule has 0 radical (unpaired) electrons. The summed E-state index contributed by atoms with van der Waals surface area (Å²) in [5, 5.41) is 0.417. The van der Waals surface area contributed by atoms with Gasteiger partial charge in [-0.25, -0.2) is 13.4 Å². The van der Waals surface area contributed by atoms with Crippen molar-refractivity contribution in [2.24, 2.45) is 0 Å². The summed E-state index contributed by atoms with van der Waals surface area (Å²) in [7, 11) is -2.97. The molecular formula is C14H15Cl2NO4S. The Bertz CT molecular complexity index is 743. The zero-order chi connectivity index (χ0) is 16.2. The molecule has 0 atom stereocenters. The highest BCUT2D eigenvalue weighted by Gasteiger charge is 2.09. The molecule has 5 nitrogen and oxygen atoms in total. The average Bonchev–Trinajstić information content (AvgIpc) is 2.92. The number of hydrogen-bond acceptors (Lipinski definition) is 5. The van der Waals surface area contributed by atoms with E-state index in [1.165, 1.54) is 6.26 Å². The summed E-state index contributed by atoms with van der Waals surface area (Å²) < 4.78 is 33.0. The van der Waals surface area contributed by atoms with Gasteiger partial charge in [-0.3, -0.25) is 0 Å². The Morgan fingerprint density at radius 3 is 2.73 bits per heavy atom. The number of benzene rings is 1. The third-order valence-corrected chi connectivity index (χ3v) is 4.36. The van der Waals surface area contributed by atoms with Crippen molar-refractivity contribution in [1.29, 1.82) is 0 Å². The first-order valence-electron chi connectivity index (χ1n) is 6.50. The van der Waals surface area contributed by atoms with Crippen molar-refractivity contribution in [2.45, 2.75) is 12.3 Å². The maximum Gasteiger partial charge on any atom is 0.209 e. The van der Waals surface area contributed by atoms with E-state index >= 15 is 0 Å². The van der Waals surface area contributed by atoms with Crippen LogP contribution < -0.4 is 4.74 Å². The number of sulfone groups is 1. The van der Waals surface area contributed by atoms with Crippen LogP contribution >= 0.6 is 23.2 Å². The average molecular weight is 364 g/mol. The molecule has 0 saturated heterocycles. The summed E-state index contributed by atoms with van der Waals surface area (Å²) in [4.78, 5) is 4.02. The first kappa shape index (κ1) is 17.1. The fraction of sp³-hybridized carbons (Fsp3) is 0.357. The van der Waals surface area contributed by atoms with Gasteiger partial charge in [-0.15, -0.1) is 11.6 Å². The van der Waals surface area contributed by atoms with Crippen molar-refractivity contribution in [1.82, 2.24) is 4.98 Å². The molecule has 0 fully saturated rings. The van der Waals surface area contributed by atoms with E-state index in [9.17, 15) is 8.42 Å². The van der Waals surface area contributed by atoms with Gasteiger partial charge in [0.25, 0.3) is 0 Å². The van der Waals surface area contributed by atoms with Crippen LogP contribution in [0.4, 0.5) is 0 Å². The van der Waals surface area contributed by atoms with E-state index < -0.39 is 9.84 Å². The lowest BCUT2D eigenvalue weighted by atomic mass is 10.2. The molecule has 120 valence electrons. The number of rotatable bonds is 7. The molecule has 0 N–H and O–H groups in total. The van der Waals surface area contributed by atoms with Crippen LogP contribution in [0.1, 0.15) is 12.3 Å². The summed E-state index contributed by atoms with van der Waals surface area (Å²) in [6.45, 7) is 0.283. The second kappa shape index (κ2) is 7.35. The summed E-state index contributed by atoms with van der Waals surface area (Å²) in [6, 6.07) is 5.20. The molecule has 2 aromatic rings. The van der Waals surface area contributed by atoms with Crippen molar-refractivity contribution < 1.29 is 17.6 Å². The zero-order valence-corrected chi connectivity index (χ0v) is 14.2. The molecule has 0 bridgehead atoms. The quantitative estimate of drug-likeness (QED) is 0.555. The Labute approximate surface area is 139 Å². The maximum absolute atomic E-state index is 11.0. The molecule has 0 spiro atoms. The first-order valence-corrected chi connectivity index (χ1v) is 9.47. The highest BCUT2D eigenvalue weighted by molar-refractivity contribution is 7.90. The van der Waals surface area contributed by atoms with Crippen molar-refractivity contribution in [2.75, 3.05) is 18.6 Å². The van der Waals surface area contributed by atoms with E-state index in [1.807, 2.05) is 0 Å². The Balaban J connectivity index is 2.00. The van der Waals surface area contributed by atoms with Crippen molar-refractivity contribution >= 4 is 33.0 Å². The van der Waals surface area contributed by atoms with Gasteiger partial charge in [0.1, 0.15) is 15.6 Å². The smallest absolute Gasteiger partial charge is 0.209 e. The molecule has 1 heterocycles. The molecule has 0 aliphatic rings. The van der Waals surface area contributed by atoms with Gasteiger partial charge in [-0.2, -0.15) is 0 Å². The predicted molar refractivity (Wildman–Crippen MR) is 86.3 cm³/mol. The topological polar surface area (TPSA) is 69.4 Å². The minimum absolute atomic E-state index is 0.0853. The number of oxazole rings is 1. The van der Waals surface area contributed by atoms with Gasteiger partial charge < -0.3 is 9.15 Å². The van der Waals surface area contributed by atoms with Crippen LogP contribution in [-0.4, -0.2) is 32.0 Å². The predicted octanol–water partition coefficient (Wildman–Crippen LogP) is 3.55. The molecule has 0 amide bonds. The van der Waals surface area contributed by atoms with Gasteiger partial charge in [-0.05, 0) is 24.6 Å². The maximum atomic E-state index is 11.0. The lowest BCUT2D eigenvalue weighted by Gasteiger charge is -2.08. The summed E-state index contributed by atoms with van der Waals surface area (Å²) >= 11 is 11.8. The fourth-order valence-electron chi connectivity index (χ4n) is 1.78. The molecule has 0 aliphatic carbocycles.